The van der Waals surface area contributed by atoms with E-state index in [2.05, 4.69) is 15.6 Å². The van der Waals surface area contributed by atoms with Crippen molar-refractivity contribution in [3.63, 3.8) is 0 Å². The molecule has 2 amide bonds. The maximum Gasteiger partial charge on any atom is 0.336 e. The molecule has 1 unspecified atom stereocenters. The van der Waals surface area contributed by atoms with Gasteiger partial charge in [0, 0.05) is 38.9 Å². The summed E-state index contributed by atoms with van der Waals surface area (Å²) in [5.41, 5.74) is 3.32. The maximum absolute atomic E-state index is 13.6. The highest BCUT2D eigenvalue weighted by Gasteiger charge is 2.23. The molecule has 0 bridgehead atoms. The van der Waals surface area contributed by atoms with Crippen molar-refractivity contribution in [3.05, 3.63) is 138 Å². The number of fused-ring (bicyclic) bond motifs is 2. The number of hydrogen-bond acceptors (Lipinski definition) is 4. The number of nitrogens with one attached hydrogen (secondary N) is 3. The summed E-state index contributed by atoms with van der Waals surface area (Å²) >= 11 is 1.37. The summed E-state index contributed by atoms with van der Waals surface area (Å²) in [7, 11) is 0. The van der Waals surface area contributed by atoms with Crippen LogP contribution in [0.15, 0.2) is 126 Å². The Balaban J connectivity index is 1.26. The SMILES string of the molecule is O=C(O)c1cccc2cccc(C(=O)Nc3cccc(SC(C(=O)Nc4ccc5cc[nH]c5c4)c4ccccc4)c3)c12. The molecule has 8 heteroatoms. The average molecular weight is 572 g/mol. The predicted molar refractivity (Wildman–Crippen MR) is 167 cm³/mol. The van der Waals surface area contributed by atoms with Crippen molar-refractivity contribution in [3.8, 4) is 0 Å². The van der Waals surface area contributed by atoms with E-state index in [1.807, 2.05) is 72.9 Å². The van der Waals surface area contributed by atoms with Gasteiger partial charge in [-0.2, -0.15) is 0 Å². The van der Waals surface area contributed by atoms with Crippen LogP contribution in [0, 0.1) is 0 Å². The lowest BCUT2D eigenvalue weighted by molar-refractivity contribution is -0.115. The van der Waals surface area contributed by atoms with Crippen LogP contribution >= 0.6 is 11.8 Å². The quantitative estimate of drug-likeness (QED) is 0.140. The first-order valence-corrected chi connectivity index (χ1v) is 14.1. The van der Waals surface area contributed by atoms with Crippen LogP contribution in [-0.2, 0) is 4.79 Å². The van der Waals surface area contributed by atoms with E-state index in [0.29, 0.717) is 22.1 Å². The first-order chi connectivity index (χ1) is 20.5. The number of hydrogen-bond donors (Lipinski definition) is 4. The van der Waals surface area contributed by atoms with Crippen molar-refractivity contribution in [2.75, 3.05) is 10.6 Å². The molecule has 0 saturated carbocycles. The van der Waals surface area contributed by atoms with Crippen molar-refractivity contribution < 1.29 is 19.5 Å². The van der Waals surface area contributed by atoms with Crippen LogP contribution < -0.4 is 10.6 Å². The minimum absolute atomic E-state index is 0.0645. The van der Waals surface area contributed by atoms with Crippen LogP contribution in [0.25, 0.3) is 21.7 Å². The highest BCUT2D eigenvalue weighted by atomic mass is 32.2. The standard InChI is InChI=1S/C34H25N3O4S/c38-32(27-13-4-9-22-10-5-14-28(30(22)27)34(40)41)36-24-11-6-12-26(19-24)42-31(23-7-2-1-3-8-23)33(39)37-25-16-15-21-17-18-35-29(21)20-25/h1-20,31,35H,(H,36,38)(H,37,39)(H,40,41). The molecule has 0 spiro atoms. The summed E-state index contributed by atoms with van der Waals surface area (Å²) in [5.74, 6) is -1.70. The van der Waals surface area contributed by atoms with Gasteiger partial charge < -0.3 is 20.7 Å². The van der Waals surface area contributed by atoms with Gasteiger partial charge in [0.25, 0.3) is 5.91 Å². The summed E-state index contributed by atoms with van der Waals surface area (Å²) < 4.78 is 0. The van der Waals surface area contributed by atoms with E-state index in [4.69, 9.17) is 0 Å². The predicted octanol–water partition coefficient (Wildman–Crippen LogP) is 7.74. The molecule has 0 aliphatic rings. The monoisotopic (exact) mass is 571 g/mol. The highest BCUT2D eigenvalue weighted by molar-refractivity contribution is 8.00. The molecule has 1 aromatic heterocycles. The third kappa shape index (κ3) is 5.61. The van der Waals surface area contributed by atoms with Crippen molar-refractivity contribution in [2.45, 2.75) is 10.1 Å². The molecule has 0 aliphatic heterocycles. The van der Waals surface area contributed by atoms with Crippen molar-refractivity contribution in [1.29, 1.82) is 0 Å². The number of aromatic amines is 1. The van der Waals surface area contributed by atoms with Crippen LogP contribution in [0.4, 0.5) is 11.4 Å². The number of carboxylic acids is 1. The van der Waals surface area contributed by atoms with Gasteiger partial charge in [-0.25, -0.2) is 4.79 Å². The molecule has 6 aromatic rings. The number of H-pyrrole nitrogens is 1. The molecule has 1 heterocycles. The molecule has 0 aliphatic carbocycles. The largest absolute Gasteiger partial charge is 0.478 e. The number of aromatic nitrogens is 1. The molecule has 6 rings (SSSR count). The zero-order valence-corrected chi connectivity index (χ0v) is 23.0. The average Bonchev–Trinajstić information content (AvgIpc) is 3.48. The summed E-state index contributed by atoms with van der Waals surface area (Å²) in [6, 6.07) is 34.5. The van der Waals surface area contributed by atoms with Crippen LogP contribution in [0.5, 0.6) is 0 Å². The molecule has 4 N–H and O–H groups in total. The van der Waals surface area contributed by atoms with Gasteiger partial charge in [-0.15, -0.1) is 11.8 Å². The lowest BCUT2D eigenvalue weighted by atomic mass is 9.98. The van der Waals surface area contributed by atoms with Gasteiger partial charge in [0.2, 0.25) is 5.91 Å². The van der Waals surface area contributed by atoms with Crippen molar-refractivity contribution in [1.82, 2.24) is 4.98 Å². The lowest BCUT2D eigenvalue weighted by Crippen LogP contribution is -2.19. The number of anilines is 2. The normalized spacial score (nSPS) is 11.7. The van der Waals surface area contributed by atoms with Crippen LogP contribution in [0.1, 0.15) is 31.5 Å². The molecule has 5 aromatic carbocycles. The minimum atomic E-state index is -1.10. The Labute approximate surface area is 245 Å². The Morgan fingerprint density at radius 2 is 1.43 bits per heavy atom. The Hall–Kier alpha value is -5.34. The topological polar surface area (TPSA) is 111 Å². The van der Waals surface area contributed by atoms with E-state index in [1.54, 1.807) is 42.5 Å². The highest BCUT2D eigenvalue weighted by Crippen LogP contribution is 2.37. The first-order valence-electron chi connectivity index (χ1n) is 13.2. The fraction of sp³-hybridized carbons (Fsp3) is 0.0294. The van der Waals surface area contributed by atoms with E-state index < -0.39 is 17.1 Å². The Morgan fingerprint density at radius 3 is 2.21 bits per heavy atom. The number of rotatable bonds is 8. The molecule has 0 saturated heterocycles. The maximum atomic E-state index is 13.6. The van der Waals surface area contributed by atoms with Crippen LogP contribution in [-0.4, -0.2) is 27.9 Å². The van der Waals surface area contributed by atoms with E-state index in [-0.39, 0.29) is 17.0 Å². The minimum Gasteiger partial charge on any atom is -0.478 e. The first kappa shape index (κ1) is 26.9. The zero-order valence-electron chi connectivity index (χ0n) is 22.2. The molecule has 42 heavy (non-hydrogen) atoms. The summed E-state index contributed by atoms with van der Waals surface area (Å²) in [5, 5.41) is 17.2. The zero-order chi connectivity index (χ0) is 29.1. The van der Waals surface area contributed by atoms with Gasteiger partial charge in [0.05, 0.1) is 5.56 Å². The number of aromatic carboxylic acids is 1. The molecule has 206 valence electrons. The van der Waals surface area contributed by atoms with E-state index >= 15 is 0 Å². The van der Waals surface area contributed by atoms with Gasteiger partial charge in [0.15, 0.2) is 0 Å². The van der Waals surface area contributed by atoms with Gasteiger partial charge in [-0.05, 0) is 64.9 Å². The summed E-state index contributed by atoms with van der Waals surface area (Å²) in [6.07, 6.45) is 1.86. The van der Waals surface area contributed by atoms with E-state index in [0.717, 1.165) is 21.4 Å². The fourth-order valence-electron chi connectivity index (χ4n) is 4.92. The third-order valence-corrected chi connectivity index (χ3v) is 8.14. The summed E-state index contributed by atoms with van der Waals surface area (Å²) in [6.45, 7) is 0. The third-order valence-electron chi connectivity index (χ3n) is 6.89. The fourth-order valence-corrected chi connectivity index (χ4v) is 6.01. The number of thioether (sulfide) groups is 1. The number of carbonyl (C=O) groups is 3. The number of carbonyl (C=O) groups excluding carboxylic acids is 2. The molecule has 0 fully saturated rings. The van der Waals surface area contributed by atoms with Crippen molar-refractivity contribution in [2.24, 2.45) is 0 Å². The Kier molecular flexibility index (Phi) is 7.45. The smallest absolute Gasteiger partial charge is 0.336 e. The van der Waals surface area contributed by atoms with E-state index in [9.17, 15) is 19.5 Å². The molecule has 7 nitrogen and oxygen atoms in total. The second-order valence-electron chi connectivity index (χ2n) is 9.67. The van der Waals surface area contributed by atoms with Gasteiger partial charge in [0.1, 0.15) is 5.25 Å². The Bertz CT molecular complexity index is 1950. The van der Waals surface area contributed by atoms with Crippen molar-refractivity contribution >= 4 is 62.6 Å². The molecular formula is C34H25N3O4S. The molecule has 1 atom stereocenters. The number of carboxylic acid groups (broad SMARTS) is 1. The lowest BCUT2D eigenvalue weighted by Gasteiger charge is -2.18. The molecule has 0 radical (unpaired) electrons. The molecular weight excluding hydrogens is 546 g/mol. The second kappa shape index (κ2) is 11.6. The van der Waals surface area contributed by atoms with Gasteiger partial charge in [-0.3, -0.25) is 9.59 Å². The van der Waals surface area contributed by atoms with Crippen LogP contribution in [0.2, 0.25) is 0 Å². The second-order valence-corrected chi connectivity index (χ2v) is 10.9. The van der Waals surface area contributed by atoms with E-state index in [1.165, 1.54) is 17.8 Å². The summed E-state index contributed by atoms with van der Waals surface area (Å²) in [4.78, 5) is 42.8. The van der Waals surface area contributed by atoms with Gasteiger partial charge >= 0.3 is 5.97 Å². The van der Waals surface area contributed by atoms with Crippen LogP contribution in [0.3, 0.4) is 0 Å². The Morgan fingerprint density at radius 1 is 0.690 bits per heavy atom. The number of amides is 2. The number of benzene rings is 5. The van der Waals surface area contributed by atoms with Gasteiger partial charge in [-0.1, -0.05) is 66.7 Å².